The summed E-state index contributed by atoms with van der Waals surface area (Å²) in [7, 11) is -4.20. The minimum atomic E-state index is -4.65. The van der Waals surface area contributed by atoms with Crippen LogP contribution in [0.15, 0.2) is 70.6 Å². The van der Waals surface area contributed by atoms with Crippen molar-refractivity contribution in [2.24, 2.45) is 0 Å². The normalized spacial score (nSPS) is 14.4. The summed E-state index contributed by atoms with van der Waals surface area (Å²) in [4.78, 5) is 17.1. The first kappa shape index (κ1) is 25.7. The van der Waals surface area contributed by atoms with Crippen LogP contribution in [0.5, 0.6) is 17.4 Å². The molecule has 1 aliphatic heterocycles. The van der Waals surface area contributed by atoms with E-state index in [-0.39, 0.29) is 35.4 Å². The summed E-state index contributed by atoms with van der Waals surface area (Å²) in [5.74, 6) is -0.732. The monoisotopic (exact) mass is 542 g/mol. The summed E-state index contributed by atoms with van der Waals surface area (Å²) >= 11 is 5.91. The van der Waals surface area contributed by atoms with Crippen LogP contribution in [-0.2, 0) is 20.8 Å². The number of hydrogen-bond donors (Lipinski definition) is 0. The maximum absolute atomic E-state index is 13.4. The molecule has 8 nitrogen and oxygen atoms in total. The number of hydrogen-bond acceptors (Lipinski definition) is 7. The van der Waals surface area contributed by atoms with E-state index >= 15 is 0 Å². The fourth-order valence-electron chi connectivity index (χ4n) is 3.24. The number of carbonyl (C=O) groups is 1. The van der Waals surface area contributed by atoms with Crippen molar-refractivity contribution in [2.45, 2.75) is 16.0 Å². The number of ether oxygens (including phenoxy) is 3. The number of nitrogens with zero attached hydrogens (tertiary/aromatic N) is 2. The minimum Gasteiger partial charge on any atom is -0.437 e. The Balaban J connectivity index is 1.70. The van der Waals surface area contributed by atoms with Crippen LogP contribution >= 0.6 is 11.6 Å². The number of rotatable bonds is 5. The van der Waals surface area contributed by atoms with E-state index in [9.17, 15) is 26.4 Å². The predicted octanol–water partition coefficient (Wildman–Crippen LogP) is 5.21. The number of halogens is 4. The Kier molecular flexibility index (Phi) is 7.38. The first-order valence-corrected chi connectivity index (χ1v) is 12.3. The SMILES string of the molecule is O=C(Oc1ccc(Oc2ncc(C(F)(F)F)cc2Cl)cc1S(=O)(=O)c1ccccc1)N1CCOCC1. The van der Waals surface area contributed by atoms with E-state index in [0.717, 1.165) is 6.07 Å². The first-order valence-electron chi connectivity index (χ1n) is 10.4. The smallest absolute Gasteiger partial charge is 0.417 e. The standard InChI is InChI=1S/C23H18ClF3N2O6S/c24-18-12-15(23(25,26)27)14-28-21(18)34-16-6-7-19(35-22(30)29-8-10-33-11-9-29)20(13-16)36(31,32)17-4-2-1-3-5-17/h1-7,12-14H,8-11H2. The second-order valence-corrected chi connectivity index (χ2v) is 9.83. The number of pyridine rings is 1. The van der Waals surface area contributed by atoms with E-state index in [2.05, 4.69) is 4.98 Å². The van der Waals surface area contributed by atoms with Crippen molar-refractivity contribution in [3.05, 3.63) is 71.4 Å². The average Bonchev–Trinajstić information content (AvgIpc) is 2.86. The van der Waals surface area contributed by atoms with Crippen molar-refractivity contribution < 1.29 is 40.6 Å². The lowest BCUT2D eigenvalue weighted by Crippen LogP contribution is -2.42. The molecule has 1 saturated heterocycles. The topological polar surface area (TPSA) is 95.0 Å². The fourth-order valence-corrected chi connectivity index (χ4v) is 4.86. The lowest BCUT2D eigenvalue weighted by atomic mass is 10.3. The molecule has 13 heteroatoms. The number of carbonyl (C=O) groups excluding carboxylic acids is 1. The molecule has 190 valence electrons. The van der Waals surface area contributed by atoms with Crippen molar-refractivity contribution in [3.8, 4) is 17.4 Å². The van der Waals surface area contributed by atoms with Gasteiger partial charge in [0.2, 0.25) is 15.7 Å². The maximum atomic E-state index is 13.4. The van der Waals surface area contributed by atoms with Crippen LogP contribution in [0.1, 0.15) is 5.56 Å². The van der Waals surface area contributed by atoms with Gasteiger partial charge in [0, 0.05) is 25.4 Å². The Hall–Kier alpha value is -3.35. The Morgan fingerprint density at radius 2 is 1.75 bits per heavy atom. The van der Waals surface area contributed by atoms with Crippen molar-refractivity contribution in [1.29, 1.82) is 0 Å². The lowest BCUT2D eigenvalue weighted by Gasteiger charge is -2.26. The maximum Gasteiger partial charge on any atom is 0.417 e. The molecule has 0 atom stereocenters. The van der Waals surface area contributed by atoms with Gasteiger partial charge in [-0.15, -0.1) is 0 Å². The molecule has 3 aromatic rings. The van der Waals surface area contributed by atoms with Gasteiger partial charge >= 0.3 is 12.3 Å². The first-order chi connectivity index (χ1) is 17.1. The molecule has 36 heavy (non-hydrogen) atoms. The molecule has 1 aromatic heterocycles. The Bertz CT molecular complexity index is 1360. The van der Waals surface area contributed by atoms with Gasteiger partial charge in [-0.25, -0.2) is 18.2 Å². The summed E-state index contributed by atoms with van der Waals surface area (Å²) in [5, 5.41) is -0.430. The molecule has 0 unspecified atom stereocenters. The minimum absolute atomic E-state index is 0.0727. The van der Waals surface area contributed by atoms with Crippen LogP contribution < -0.4 is 9.47 Å². The second-order valence-electron chi connectivity index (χ2n) is 7.50. The Labute approximate surface area is 209 Å². The highest BCUT2D eigenvalue weighted by molar-refractivity contribution is 7.91. The molecule has 1 fully saturated rings. The number of amides is 1. The summed E-state index contributed by atoms with van der Waals surface area (Å²) in [6.07, 6.45) is -4.87. The zero-order valence-electron chi connectivity index (χ0n) is 18.4. The van der Waals surface area contributed by atoms with Gasteiger partial charge in [0.15, 0.2) is 5.75 Å². The van der Waals surface area contributed by atoms with Crippen molar-refractivity contribution in [1.82, 2.24) is 9.88 Å². The molecule has 0 N–H and O–H groups in total. The quantitative estimate of drug-likeness (QED) is 0.437. The van der Waals surface area contributed by atoms with Crippen molar-refractivity contribution in [2.75, 3.05) is 26.3 Å². The Morgan fingerprint density at radius 1 is 1.06 bits per heavy atom. The van der Waals surface area contributed by atoms with Gasteiger partial charge in [-0.1, -0.05) is 29.8 Å². The molecule has 0 bridgehead atoms. The van der Waals surface area contributed by atoms with Gasteiger partial charge in [0.25, 0.3) is 0 Å². The number of sulfone groups is 1. The third kappa shape index (κ3) is 5.72. The van der Waals surface area contributed by atoms with Gasteiger partial charge in [-0.2, -0.15) is 13.2 Å². The summed E-state index contributed by atoms with van der Waals surface area (Å²) in [5.41, 5.74) is -1.07. The van der Waals surface area contributed by atoms with Gasteiger partial charge < -0.3 is 19.1 Å². The van der Waals surface area contributed by atoms with E-state index in [0.29, 0.717) is 25.5 Å². The largest absolute Gasteiger partial charge is 0.437 e. The molecule has 1 amide bonds. The number of aromatic nitrogens is 1. The molecule has 2 aromatic carbocycles. The number of morpholine rings is 1. The van der Waals surface area contributed by atoms with Crippen LogP contribution in [0.4, 0.5) is 18.0 Å². The predicted molar refractivity (Wildman–Crippen MR) is 121 cm³/mol. The van der Waals surface area contributed by atoms with Crippen LogP contribution in [0.2, 0.25) is 5.02 Å². The lowest BCUT2D eigenvalue weighted by molar-refractivity contribution is -0.137. The zero-order valence-corrected chi connectivity index (χ0v) is 19.9. The second kappa shape index (κ2) is 10.3. The summed E-state index contributed by atoms with van der Waals surface area (Å²) < 4.78 is 81.6. The molecule has 0 aliphatic carbocycles. The molecule has 0 radical (unpaired) electrons. The highest BCUT2D eigenvalue weighted by Crippen LogP contribution is 2.37. The third-order valence-corrected chi connectivity index (χ3v) is 7.14. The Morgan fingerprint density at radius 3 is 2.39 bits per heavy atom. The molecule has 0 spiro atoms. The van der Waals surface area contributed by atoms with E-state index in [4.69, 9.17) is 25.8 Å². The number of benzene rings is 2. The number of alkyl halides is 3. The average molecular weight is 543 g/mol. The van der Waals surface area contributed by atoms with Crippen LogP contribution in [0.25, 0.3) is 0 Å². The molecular weight excluding hydrogens is 525 g/mol. The van der Waals surface area contributed by atoms with Gasteiger partial charge in [0.1, 0.15) is 15.7 Å². The van der Waals surface area contributed by atoms with E-state index in [1.807, 2.05) is 0 Å². The van der Waals surface area contributed by atoms with Crippen LogP contribution in [-0.4, -0.2) is 50.7 Å². The van der Waals surface area contributed by atoms with Gasteiger partial charge in [-0.05, 0) is 30.3 Å². The fraction of sp³-hybridized carbons (Fsp3) is 0.217. The summed E-state index contributed by atoms with van der Waals surface area (Å²) in [6, 6.07) is 11.6. The molecule has 4 rings (SSSR count). The zero-order chi connectivity index (χ0) is 25.9. The van der Waals surface area contributed by atoms with Crippen molar-refractivity contribution in [3.63, 3.8) is 0 Å². The van der Waals surface area contributed by atoms with E-state index in [1.54, 1.807) is 6.07 Å². The molecule has 0 saturated carbocycles. The highest BCUT2D eigenvalue weighted by atomic mass is 35.5. The van der Waals surface area contributed by atoms with Gasteiger partial charge in [-0.3, -0.25) is 0 Å². The highest BCUT2D eigenvalue weighted by Gasteiger charge is 2.32. The van der Waals surface area contributed by atoms with Crippen LogP contribution in [0, 0.1) is 0 Å². The van der Waals surface area contributed by atoms with E-state index < -0.39 is 37.6 Å². The molecular formula is C23H18ClF3N2O6S. The molecule has 1 aliphatic rings. The third-order valence-electron chi connectivity index (χ3n) is 5.07. The summed E-state index contributed by atoms with van der Waals surface area (Å²) in [6.45, 7) is 1.19. The van der Waals surface area contributed by atoms with Crippen LogP contribution in [0.3, 0.4) is 0 Å². The van der Waals surface area contributed by atoms with Crippen molar-refractivity contribution >= 4 is 27.5 Å². The van der Waals surface area contributed by atoms with Gasteiger partial charge in [0.05, 0.1) is 23.7 Å². The van der Waals surface area contributed by atoms with E-state index in [1.165, 1.54) is 41.3 Å². The molecule has 2 heterocycles.